The van der Waals surface area contributed by atoms with Gasteiger partial charge in [-0.2, -0.15) is 4.98 Å². The van der Waals surface area contributed by atoms with E-state index in [1.54, 1.807) is 11.6 Å². The lowest BCUT2D eigenvalue weighted by molar-refractivity contribution is 0.513. The number of H-pyrrole nitrogens is 1. The number of aryl methyl sites for hydroxylation is 1. The van der Waals surface area contributed by atoms with Crippen molar-refractivity contribution < 1.29 is 0 Å². The molecule has 8 nitrogen and oxygen atoms in total. The van der Waals surface area contributed by atoms with Crippen LogP contribution in [0.4, 0.5) is 5.95 Å². The summed E-state index contributed by atoms with van der Waals surface area (Å²) in [4.78, 5) is 30.6. The first kappa shape index (κ1) is 14.3. The number of fused-ring (bicyclic) bond motifs is 1. The van der Waals surface area contributed by atoms with E-state index >= 15 is 0 Å². The summed E-state index contributed by atoms with van der Waals surface area (Å²) in [7, 11) is 1.73. The van der Waals surface area contributed by atoms with Crippen LogP contribution >= 0.6 is 0 Å². The second-order valence-corrected chi connectivity index (χ2v) is 5.15. The molecule has 0 fully saturated rings. The Morgan fingerprint density at radius 3 is 2.70 bits per heavy atom. The van der Waals surface area contributed by atoms with Crippen LogP contribution in [0, 0.1) is 5.92 Å². The molecule has 0 atom stereocenters. The van der Waals surface area contributed by atoms with Gasteiger partial charge in [0, 0.05) is 26.7 Å². The van der Waals surface area contributed by atoms with E-state index < -0.39 is 11.2 Å². The van der Waals surface area contributed by atoms with Gasteiger partial charge >= 0.3 is 5.69 Å². The average Bonchev–Trinajstić information content (AvgIpc) is 2.69. The van der Waals surface area contributed by atoms with Gasteiger partial charge in [-0.25, -0.2) is 4.79 Å². The molecule has 0 bridgehead atoms. The van der Waals surface area contributed by atoms with Gasteiger partial charge in [-0.1, -0.05) is 13.8 Å². The number of nitrogens with zero attached hydrogens (tertiary/aromatic N) is 3. The van der Waals surface area contributed by atoms with Gasteiger partial charge in [-0.15, -0.1) is 0 Å². The van der Waals surface area contributed by atoms with Crippen LogP contribution in [0.5, 0.6) is 0 Å². The topological polar surface area (TPSA) is 111 Å². The highest BCUT2D eigenvalue weighted by molar-refractivity contribution is 5.74. The Kier molecular flexibility index (Phi) is 3.93. The summed E-state index contributed by atoms with van der Waals surface area (Å²) in [5, 5.41) is 3.04. The molecule has 2 aromatic heterocycles. The molecule has 4 N–H and O–H groups in total. The standard InChI is InChI=1S/C12H20N6O2/c1-7(2)6-18-9-8(10(19)16-12(18)20)17(3)11(15-9)14-5-4-13/h7H,4-6,13H2,1-3H3,(H,14,15)(H,16,19,20). The van der Waals surface area contributed by atoms with Gasteiger partial charge in [-0.3, -0.25) is 14.3 Å². The number of anilines is 1. The van der Waals surface area contributed by atoms with E-state index in [4.69, 9.17) is 5.73 Å². The van der Waals surface area contributed by atoms with E-state index in [2.05, 4.69) is 15.3 Å². The second-order valence-electron chi connectivity index (χ2n) is 5.15. The van der Waals surface area contributed by atoms with Crippen LogP contribution in [0.15, 0.2) is 9.59 Å². The fourth-order valence-electron chi connectivity index (χ4n) is 2.12. The fourth-order valence-corrected chi connectivity index (χ4v) is 2.12. The Morgan fingerprint density at radius 2 is 2.10 bits per heavy atom. The van der Waals surface area contributed by atoms with Crippen LogP contribution < -0.4 is 22.3 Å². The predicted molar refractivity (Wildman–Crippen MR) is 78.0 cm³/mol. The largest absolute Gasteiger partial charge is 0.354 e. The number of nitrogens with one attached hydrogen (secondary N) is 2. The smallest absolute Gasteiger partial charge is 0.330 e. The molecule has 0 spiro atoms. The third kappa shape index (κ3) is 2.46. The first-order valence-electron chi connectivity index (χ1n) is 6.59. The average molecular weight is 280 g/mol. The Labute approximate surface area is 115 Å². The number of aromatic amines is 1. The molecule has 2 aromatic rings. The van der Waals surface area contributed by atoms with Crippen LogP contribution in [-0.2, 0) is 13.6 Å². The van der Waals surface area contributed by atoms with Crippen LogP contribution in [0.3, 0.4) is 0 Å². The molecule has 0 saturated heterocycles. The highest BCUT2D eigenvalue weighted by Gasteiger charge is 2.16. The van der Waals surface area contributed by atoms with Crippen LogP contribution in [0.2, 0.25) is 0 Å². The lowest BCUT2D eigenvalue weighted by Gasteiger charge is -2.08. The van der Waals surface area contributed by atoms with Gasteiger partial charge in [0.15, 0.2) is 11.2 Å². The summed E-state index contributed by atoms with van der Waals surface area (Å²) < 4.78 is 3.13. The monoisotopic (exact) mass is 280 g/mol. The Morgan fingerprint density at radius 1 is 1.40 bits per heavy atom. The number of aromatic nitrogens is 4. The molecular weight excluding hydrogens is 260 g/mol. The second kappa shape index (κ2) is 5.49. The summed E-state index contributed by atoms with van der Waals surface area (Å²) in [5.74, 6) is 0.795. The summed E-state index contributed by atoms with van der Waals surface area (Å²) >= 11 is 0. The van der Waals surface area contributed by atoms with Gasteiger partial charge in [0.2, 0.25) is 5.95 Å². The zero-order chi connectivity index (χ0) is 14.9. The molecule has 2 heterocycles. The minimum absolute atomic E-state index is 0.268. The minimum atomic E-state index is -0.431. The predicted octanol–water partition coefficient (Wildman–Crippen LogP) is -0.550. The van der Waals surface area contributed by atoms with Crippen LogP contribution in [0.25, 0.3) is 11.2 Å². The van der Waals surface area contributed by atoms with E-state index in [1.165, 1.54) is 4.57 Å². The van der Waals surface area contributed by atoms with Crippen molar-refractivity contribution in [2.75, 3.05) is 18.4 Å². The quantitative estimate of drug-likeness (QED) is 0.680. The Bertz CT molecular complexity index is 724. The number of hydrogen-bond acceptors (Lipinski definition) is 5. The van der Waals surface area contributed by atoms with E-state index in [0.717, 1.165) is 0 Å². The third-order valence-corrected chi connectivity index (χ3v) is 2.99. The zero-order valence-electron chi connectivity index (χ0n) is 11.9. The van der Waals surface area contributed by atoms with Crippen molar-refractivity contribution in [2.45, 2.75) is 20.4 Å². The molecular formula is C12H20N6O2. The lowest BCUT2D eigenvalue weighted by atomic mass is 10.2. The maximum atomic E-state index is 12.0. The van der Waals surface area contributed by atoms with Crippen molar-refractivity contribution in [2.24, 2.45) is 18.7 Å². The normalized spacial score (nSPS) is 11.4. The van der Waals surface area contributed by atoms with Crippen molar-refractivity contribution in [3.05, 3.63) is 20.8 Å². The number of nitrogens with two attached hydrogens (primary N) is 1. The van der Waals surface area contributed by atoms with Crippen LogP contribution in [-0.4, -0.2) is 32.2 Å². The molecule has 0 amide bonds. The zero-order valence-corrected chi connectivity index (χ0v) is 11.9. The Balaban J connectivity index is 2.68. The van der Waals surface area contributed by atoms with E-state index in [1.807, 2.05) is 13.8 Å². The number of imidazole rings is 1. The SMILES string of the molecule is CC(C)Cn1c(=O)[nH]c(=O)c2c1nc(NCCN)n2C. The highest BCUT2D eigenvalue weighted by Crippen LogP contribution is 2.14. The van der Waals surface area contributed by atoms with Gasteiger partial charge in [0.25, 0.3) is 5.56 Å². The van der Waals surface area contributed by atoms with Crippen molar-refractivity contribution in [1.29, 1.82) is 0 Å². The molecule has 0 radical (unpaired) electrons. The van der Waals surface area contributed by atoms with E-state index in [-0.39, 0.29) is 5.92 Å². The molecule has 110 valence electrons. The first-order chi connectivity index (χ1) is 9.45. The molecule has 0 aliphatic carbocycles. The van der Waals surface area contributed by atoms with Crippen molar-refractivity contribution >= 4 is 17.1 Å². The van der Waals surface area contributed by atoms with Gasteiger partial charge in [0.05, 0.1) is 0 Å². The summed E-state index contributed by atoms with van der Waals surface area (Å²) in [6, 6.07) is 0. The first-order valence-corrected chi connectivity index (χ1v) is 6.59. The Hall–Kier alpha value is -2.09. The van der Waals surface area contributed by atoms with Gasteiger partial charge in [0.1, 0.15) is 0 Å². The molecule has 0 aromatic carbocycles. The fraction of sp³-hybridized carbons (Fsp3) is 0.583. The van der Waals surface area contributed by atoms with E-state index in [0.29, 0.717) is 36.7 Å². The van der Waals surface area contributed by atoms with Crippen molar-refractivity contribution in [1.82, 2.24) is 19.1 Å². The molecule has 8 heteroatoms. The molecule has 0 aliphatic rings. The van der Waals surface area contributed by atoms with E-state index in [9.17, 15) is 9.59 Å². The minimum Gasteiger partial charge on any atom is -0.354 e. The lowest BCUT2D eigenvalue weighted by Crippen LogP contribution is -2.32. The van der Waals surface area contributed by atoms with Crippen molar-refractivity contribution in [3.63, 3.8) is 0 Å². The molecule has 0 aliphatic heterocycles. The maximum absolute atomic E-state index is 12.0. The third-order valence-electron chi connectivity index (χ3n) is 2.99. The molecule has 20 heavy (non-hydrogen) atoms. The highest BCUT2D eigenvalue weighted by atomic mass is 16.2. The van der Waals surface area contributed by atoms with Gasteiger partial charge in [-0.05, 0) is 5.92 Å². The molecule has 0 saturated carbocycles. The number of hydrogen-bond donors (Lipinski definition) is 3. The summed E-state index contributed by atoms with van der Waals surface area (Å²) in [6.45, 7) is 5.50. The summed E-state index contributed by atoms with van der Waals surface area (Å²) in [6.07, 6.45) is 0. The molecule has 2 rings (SSSR count). The summed E-state index contributed by atoms with van der Waals surface area (Å²) in [5.41, 5.74) is 5.36. The number of rotatable bonds is 5. The maximum Gasteiger partial charge on any atom is 0.330 e. The van der Waals surface area contributed by atoms with Gasteiger partial charge < -0.3 is 15.6 Å². The van der Waals surface area contributed by atoms with Crippen molar-refractivity contribution in [3.8, 4) is 0 Å². The van der Waals surface area contributed by atoms with Crippen LogP contribution in [0.1, 0.15) is 13.8 Å². The molecule has 0 unspecified atom stereocenters.